The Kier molecular flexibility index (Phi) is 9.08. The van der Waals surface area contributed by atoms with E-state index in [1.807, 2.05) is 0 Å². The van der Waals surface area contributed by atoms with Gasteiger partial charge in [0.2, 0.25) is 5.91 Å². The van der Waals surface area contributed by atoms with Crippen LogP contribution in [-0.2, 0) is 14.6 Å². The van der Waals surface area contributed by atoms with Gasteiger partial charge in [-0.25, -0.2) is 8.42 Å². The van der Waals surface area contributed by atoms with Crippen LogP contribution in [0.4, 0.5) is 0 Å². The van der Waals surface area contributed by atoms with E-state index in [0.29, 0.717) is 31.9 Å². The van der Waals surface area contributed by atoms with Gasteiger partial charge in [-0.15, -0.1) is 12.4 Å². The summed E-state index contributed by atoms with van der Waals surface area (Å²) in [5.41, 5.74) is 0. The zero-order valence-electron chi connectivity index (χ0n) is 13.0. The van der Waals surface area contributed by atoms with E-state index < -0.39 is 9.84 Å². The van der Waals surface area contributed by atoms with Crippen molar-refractivity contribution in [3.63, 3.8) is 0 Å². The molecule has 0 spiro atoms. The third kappa shape index (κ3) is 7.11. The van der Waals surface area contributed by atoms with E-state index in [-0.39, 0.29) is 23.2 Å². The highest BCUT2D eigenvalue weighted by molar-refractivity contribution is 7.90. The molecular formula is C14H23ClN2O4S. The highest BCUT2D eigenvalue weighted by atomic mass is 35.5. The van der Waals surface area contributed by atoms with Crippen molar-refractivity contribution in [2.45, 2.75) is 11.3 Å². The maximum absolute atomic E-state index is 11.5. The molecule has 0 fully saturated rings. The molecule has 0 atom stereocenters. The summed E-state index contributed by atoms with van der Waals surface area (Å²) < 4.78 is 28.1. The summed E-state index contributed by atoms with van der Waals surface area (Å²) >= 11 is 0. The zero-order chi connectivity index (χ0) is 15.9. The van der Waals surface area contributed by atoms with Crippen molar-refractivity contribution in [2.75, 3.05) is 40.0 Å². The number of carbonyl (C=O) groups is 1. The molecule has 1 aromatic rings. The molecule has 0 saturated heterocycles. The molecule has 0 bridgehead atoms. The van der Waals surface area contributed by atoms with Crippen LogP contribution in [0.15, 0.2) is 29.2 Å². The summed E-state index contributed by atoms with van der Waals surface area (Å²) in [6.07, 6.45) is 1.88. The molecule has 22 heavy (non-hydrogen) atoms. The average molecular weight is 351 g/mol. The fourth-order valence-electron chi connectivity index (χ4n) is 1.69. The molecule has 0 aliphatic heterocycles. The Labute approximate surface area is 138 Å². The molecule has 1 aromatic carbocycles. The third-order valence-corrected chi connectivity index (χ3v) is 4.04. The van der Waals surface area contributed by atoms with E-state index in [1.165, 1.54) is 18.4 Å². The van der Waals surface area contributed by atoms with Crippen molar-refractivity contribution >= 4 is 28.2 Å². The number of rotatable bonds is 8. The lowest BCUT2D eigenvalue weighted by Crippen LogP contribution is -2.35. The van der Waals surface area contributed by atoms with Crippen LogP contribution in [0.3, 0.4) is 0 Å². The number of likely N-dealkylation sites (N-methyl/N-ethyl adjacent to an activating group) is 2. The van der Waals surface area contributed by atoms with E-state index in [0.717, 1.165) is 0 Å². The Balaban J connectivity index is 0.00000441. The zero-order valence-corrected chi connectivity index (χ0v) is 14.7. The second kappa shape index (κ2) is 9.66. The lowest BCUT2D eigenvalue weighted by molar-refractivity contribution is -0.128. The van der Waals surface area contributed by atoms with Crippen LogP contribution < -0.4 is 10.1 Å². The second-order valence-corrected chi connectivity index (χ2v) is 6.81. The number of nitrogens with zero attached hydrogens (tertiary/aromatic N) is 1. The van der Waals surface area contributed by atoms with E-state index in [4.69, 9.17) is 4.74 Å². The first kappa shape index (κ1) is 20.7. The van der Waals surface area contributed by atoms with Gasteiger partial charge in [-0.2, -0.15) is 0 Å². The number of nitrogens with one attached hydrogen (secondary N) is 1. The van der Waals surface area contributed by atoms with Gasteiger partial charge < -0.3 is 15.0 Å². The van der Waals surface area contributed by atoms with Gasteiger partial charge in [0.25, 0.3) is 0 Å². The number of hydrogen-bond acceptors (Lipinski definition) is 5. The maximum atomic E-state index is 11.5. The predicted octanol–water partition coefficient (Wildman–Crippen LogP) is 0.959. The van der Waals surface area contributed by atoms with Gasteiger partial charge in [-0.1, -0.05) is 0 Å². The first-order valence-electron chi connectivity index (χ1n) is 6.66. The van der Waals surface area contributed by atoms with E-state index in [2.05, 4.69) is 5.32 Å². The molecule has 126 valence electrons. The molecule has 8 heteroatoms. The summed E-state index contributed by atoms with van der Waals surface area (Å²) in [5.74, 6) is 0.654. The minimum absolute atomic E-state index is 0. The molecule has 0 aromatic heterocycles. The van der Waals surface area contributed by atoms with Crippen molar-refractivity contribution in [1.82, 2.24) is 10.2 Å². The summed E-state index contributed by atoms with van der Waals surface area (Å²) in [4.78, 5) is 13.4. The van der Waals surface area contributed by atoms with Crippen molar-refractivity contribution in [1.29, 1.82) is 0 Å². The summed E-state index contributed by atoms with van der Waals surface area (Å²) in [6, 6.07) is 6.30. The lowest BCUT2D eigenvalue weighted by atomic mass is 10.3. The van der Waals surface area contributed by atoms with Crippen molar-refractivity contribution in [3.05, 3.63) is 24.3 Å². The van der Waals surface area contributed by atoms with Crippen LogP contribution in [0.5, 0.6) is 5.75 Å². The normalized spacial score (nSPS) is 10.7. The molecule has 0 heterocycles. The lowest BCUT2D eigenvalue weighted by Gasteiger charge is -2.17. The van der Waals surface area contributed by atoms with Crippen LogP contribution in [-0.4, -0.2) is 59.3 Å². The van der Waals surface area contributed by atoms with Crippen molar-refractivity contribution in [2.24, 2.45) is 0 Å². The summed E-state index contributed by atoms with van der Waals surface area (Å²) in [6.45, 7) is 1.40. The first-order chi connectivity index (χ1) is 9.84. The molecule has 0 radical (unpaired) electrons. The third-order valence-electron chi connectivity index (χ3n) is 2.91. The highest BCUT2D eigenvalue weighted by Gasteiger charge is 2.08. The first-order valence-corrected chi connectivity index (χ1v) is 8.55. The van der Waals surface area contributed by atoms with Crippen molar-refractivity contribution < 1.29 is 17.9 Å². The maximum Gasteiger partial charge on any atom is 0.236 e. The topological polar surface area (TPSA) is 75.7 Å². The molecular weight excluding hydrogens is 328 g/mol. The largest absolute Gasteiger partial charge is 0.494 e. The number of ether oxygens (including phenoxy) is 1. The van der Waals surface area contributed by atoms with Gasteiger partial charge in [0, 0.05) is 19.8 Å². The van der Waals surface area contributed by atoms with Gasteiger partial charge in [0.15, 0.2) is 9.84 Å². The Morgan fingerprint density at radius 3 is 2.36 bits per heavy atom. The Hall–Kier alpha value is -1.31. The molecule has 0 aliphatic rings. The van der Waals surface area contributed by atoms with Gasteiger partial charge >= 0.3 is 0 Å². The fourth-order valence-corrected chi connectivity index (χ4v) is 2.32. The molecule has 0 aliphatic carbocycles. The van der Waals surface area contributed by atoms with Crippen LogP contribution in [0.25, 0.3) is 0 Å². The molecule has 0 unspecified atom stereocenters. The number of halogens is 1. The average Bonchev–Trinajstić information content (AvgIpc) is 2.43. The van der Waals surface area contributed by atoms with Crippen LogP contribution in [0.2, 0.25) is 0 Å². The van der Waals surface area contributed by atoms with Gasteiger partial charge in [0.1, 0.15) is 5.75 Å². The van der Waals surface area contributed by atoms with E-state index in [9.17, 15) is 13.2 Å². The van der Waals surface area contributed by atoms with Crippen molar-refractivity contribution in [3.8, 4) is 5.75 Å². The molecule has 1 N–H and O–H groups in total. The van der Waals surface area contributed by atoms with Gasteiger partial charge in [-0.3, -0.25) is 4.79 Å². The minimum atomic E-state index is -3.18. The van der Waals surface area contributed by atoms with Crippen LogP contribution >= 0.6 is 12.4 Å². The van der Waals surface area contributed by atoms with Crippen LogP contribution in [0, 0.1) is 0 Å². The molecule has 1 amide bonds. The number of carbonyl (C=O) groups excluding carboxylic acids is 1. The highest BCUT2D eigenvalue weighted by Crippen LogP contribution is 2.15. The Morgan fingerprint density at radius 1 is 1.27 bits per heavy atom. The molecule has 1 rings (SSSR count). The second-order valence-electron chi connectivity index (χ2n) is 4.79. The van der Waals surface area contributed by atoms with E-state index in [1.54, 1.807) is 31.1 Å². The quantitative estimate of drug-likeness (QED) is 0.707. The van der Waals surface area contributed by atoms with Crippen LogP contribution in [0.1, 0.15) is 6.42 Å². The number of sulfone groups is 1. The van der Waals surface area contributed by atoms with Gasteiger partial charge in [0.05, 0.1) is 18.0 Å². The monoisotopic (exact) mass is 350 g/mol. The fraction of sp³-hybridized carbons (Fsp3) is 0.500. The van der Waals surface area contributed by atoms with E-state index >= 15 is 0 Å². The Morgan fingerprint density at radius 2 is 1.86 bits per heavy atom. The number of amides is 1. The number of benzene rings is 1. The Bertz CT molecular complexity index is 561. The minimum Gasteiger partial charge on any atom is -0.494 e. The summed E-state index contributed by atoms with van der Waals surface area (Å²) in [5, 5.41) is 2.81. The standard InChI is InChI=1S/C14H22N2O4S.ClH/c1-15-11-14(17)16(2)9-4-10-20-12-5-7-13(8-6-12)21(3,18)19;/h5-8,15H,4,9-11H2,1-3H3;1H. The number of hydrogen-bond donors (Lipinski definition) is 1. The predicted molar refractivity (Wildman–Crippen MR) is 88.5 cm³/mol. The molecule has 0 saturated carbocycles. The summed E-state index contributed by atoms with van der Waals surface area (Å²) in [7, 11) is 0.305. The SMILES string of the molecule is CNCC(=O)N(C)CCCOc1ccc(S(C)(=O)=O)cc1.Cl. The smallest absolute Gasteiger partial charge is 0.236 e. The van der Waals surface area contributed by atoms with Gasteiger partial charge in [-0.05, 0) is 37.7 Å². The molecule has 6 nitrogen and oxygen atoms in total.